The van der Waals surface area contributed by atoms with Crippen molar-refractivity contribution in [3.05, 3.63) is 69.2 Å². The van der Waals surface area contributed by atoms with Crippen molar-refractivity contribution in [2.45, 2.75) is 12.8 Å². The summed E-state index contributed by atoms with van der Waals surface area (Å²) in [5.74, 6) is 0.811. The third-order valence-electron chi connectivity index (χ3n) is 5.42. The van der Waals surface area contributed by atoms with Crippen LogP contribution in [0.5, 0.6) is 5.75 Å². The van der Waals surface area contributed by atoms with Crippen LogP contribution < -0.4 is 10.1 Å². The number of carbonyl (C=O) groups excluding carboxylic acids is 2. The lowest BCUT2D eigenvalue weighted by Gasteiger charge is -2.31. The highest BCUT2D eigenvalue weighted by molar-refractivity contribution is 9.10. The van der Waals surface area contributed by atoms with Crippen LogP contribution in [0.15, 0.2) is 53.0 Å². The van der Waals surface area contributed by atoms with Gasteiger partial charge in [-0.05, 0) is 74.5 Å². The van der Waals surface area contributed by atoms with Crippen molar-refractivity contribution in [3.8, 4) is 5.75 Å². The Labute approximate surface area is 196 Å². The predicted molar refractivity (Wildman–Crippen MR) is 128 cm³/mol. The summed E-state index contributed by atoms with van der Waals surface area (Å²) in [5.41, 5.74) is 1.56. The minimum Gasteiger partial charge on any atom is -0.496 e. The summed E-state index contributed by atoms with van der Waals surface area (Å²) in [4.78, 5) is 27.1. The van der Waals surface area contributed by atoms with Crippen LogP contribution in [0.4, 0.5) is 0 Å². The molecule has 0 atom stereocenters. The summed E-state index contributed by atoms with van der Waals surface area (Å²) in [5, 5.41) is 3.56. The van der Waals surface area contributed by atoms with Crippen LogP contribution in [-0.4, -0.2) is 49.9 Å². The lowest BCUT2D eigenvalue weighted by atomic mass is 9.89. The first-order valence-corrected chi connectivity index (χ1v) is 11.4. The summed E-state index contributed by atoms with van der Waals surface area (Å²) in [7, 11) is 1.60. The molecule has 0 radical (unpaired) electrons. The van der Waals surface area contributed by atoms with Crippen molar-refractivity contribution < 1.29 is 14.3 Å². The molecule has 0 bridgehead atoms. The van der Waals surface area contributed by atoms with E-state index in [0.29, 0.717) is 17.3 Å². The number of hydrogen-bond donors (Lipinski definition) is 1. The zero-order chi connectivity index (χ0) is 22.2. The van der Waals surface area contributed by atoms with E-state index in [9.17, 15) is 9.59 Å². The van der Waals surface area contributed by atoms with Gasteiger partial charge in [-0.1, -0.05) is 27.5 Å². The first-order valence-electron chi connectivity index (χ1n) is 10.3. The zero-order valence-electron chi connectivity index (χ0n) is 17.4. The average Bonchev–Trinajstić information content (AvgIpc) is 2.78. The number of nitrogens with one attached hydrogen (secondary N) is 1. The van der Waals surface area contributed by atoms with Crippen molar-refractivity contribution in [1.29, 1.82) is 0 Å². The molecule has 1 saturated heterocycles. The number of nitrogens with zero attached hydrogens (tertiary/aromatic N) is 1. The smallest absolute Gasteiger partial charge is 0.244 e. The minimum absolute atomic E-state index is 0.0510. The Morgan fingerprint density at radius 1 is 1.19 bits per heavy atom. The van der Waals surface area contributed by atoms with Gasteiger partial charge in [0.1, 0.15) is 5.75 Å². The molecule has 3 rings (SSSR count). The molecule has 1 N–H and O–H groups in total. The summed E-state index contributed by atoms with van der Waals surface area (Å²) < 4.78 is 6.23. The van der Waals surface area contributed by atoms with E-state index >= 15 is 0 Å². The van der Waals surface area contributed by atoms with Crippen molar-refractivity contribution in [3.63, 3.8) is 0 Å². The molecular formula is C24H26BrClN2O3. The van der Waals surface area contributed by atoms with E-state index in [2.05, 4.69) is 26.1 Å². The minimum atomic E-state index is -0.144. The molecule has 1 aliphatic rings. The number of piperidine rings is 1. The van der Waals surface area contributed by atoms with Gasteiger partial charge in [0, 0.05) is 45.7 Å². The van der Waals surface area contributed by atoms with Crippen LogP contribution in [0.1, 0.15) is 28.8 Å². The lowest BCUT2D eigenvalue weighted by Crippen LogP contribution is -2.40. The standard InChI is InChI=1S/C24H26BrClN2O3/c1-31-22-8-5-20(25)16-19(22)4-9-23(29)27-12-15-28-13-10-18(11-14-28)24(30)17-2-6-21(26)7-3-17/h2-9,16,18H,10-15H2,1H3,(H,27,29)/b9-4+. The van der Waals surface area contributed by atoms with Gasteiger partial charge in [-0.15, -0.1) is 0 Å². The van der Waals surface area contributed by atoms with E-state index in [0.717, 1.165) is 48.1 Å². The monoisotopic (exact) mass is 504 g/mol. The summed E-state index contributed by atoms with van der Waals surface area (Å²) in [6.45, 7) is 3.03. The Bertz CT molecular complexity index is 938. The Morgan fingerprint density at radius 3 is 2.58 bits per heavy atom. The number of ether oxygens (including phenoxy) is 1. The Kier molecular flexibility index (Phi) is 8.69. The molecule has 7 heteroatoms. The summed E-state index contributed by atoms with van der Waals surface area (Å²) in [6.07, 6.45) is 4.92. The zero-order valence-corrected chi connectivity index (χ0v) is 19.8. The largest absolute Gasteiger partial charge is 0.496 e. The Hall–Kier alpha value is -2.15. The number of rotatable bonds is 8. The topological polar surface area (TPSA) is 58.6 Å². The highest BCUT2D eigenvalue weighted by Gasteiger charge is 2.25. The molecular weight excluding hydrogens is 480 g/mol. The van der Waals surface area contributed by atoms with Crippen molar-refractivity contribution in [2.75, 3.05) is 33.3 Å². The number of Topliss-reactive ketones (excluding diaryl/α,β-unsaturated/α-hetero) is 1. The lowest BCUT2D eigenvalue weighted by molar-refractivity contribution is -0.116. The molecule has 0 spiro atoms. The predicted octanol–water partition coefficient (Wildman–Crippen LogP) is 4.84. The number of ketones is 1. The number of hydrogen-bond acceptors (Lipinski definition) is 4. The van der Waals surface area contributed by atoms with Gasteiger partial charge in [0.05, 0.1) is 7.11 Å². The molecule has 1 fully saturated rings. The fourth-order valence-electron chi connectivity index (χ4n) is 3.67. The number of benzene rings is 2. The fraction of sp³-hybridized carbons (Fsp3) is 0.333. The molecule has 0 saturated carbocycles. The highest BCUT2D eigenvalue weighted by atomic mass is 79.9. The molecule has 1 heterocycles. The van der Waals surface area contributed by atoms with Crippen molar-refractivity contribution in [2.24, 2.45) is 5.92 Å². The van der Waals surface area contributed by atoms with Gasteiger partial charge in [-0.25, -0.2) is 0 Å². The molecule has 1 aliphatic heterocycles. The summed E-state index contributed by atoms with van der Waals surface area (Å²) >= 11 is 9.33. The SMILES string of the molecule is COc1ccc(Br)cc1/C=C/C(=O)NCCN1CCC(C(=O)c2ccc(Cl)cc2)CC1. The van der Waals surface area contributed by atoms with E-state index in [1.165, 1.54) is 6.08 Å². The second kappa shape index (κ2) is 11.5. The van der Waals surface area contributed by atoms with Crippen LogP contribution in [0.25, 0.3) is 6.08 Å². The molecule has 5 nitrogen and oxygen atoms in total. The number of halogens is 2. The number of likely N-dealkylation sites (tertiary alicyclic amines) is 1. The number of carbonyl (C=O) groups is 2. The van der Waals surface area contributed by atoms with Crippen LogP contribution in [0, 0.1) is 5.92 Å². The molecule has 0 aromatic heterocycles. The van der Waals surface area contributed by atoms with E-state index in [1.54, 1.807) is 37.5 Å². The third-order valence-corrected chi connectivity index (χ3v) is 6.17. The molecule has 2 aromatic rings. The second-order valence-electron chi connectivity index (χ2n) is 7.50. The first kappa shape index (κ1) is 23.5. The molecule has 1 amide bonds. The fourth-order valence-corrected chi connectivity index (χ4v) is 4.17. The van der Waals surface area contributed by atoms with Gasteiger partial charge in [-0.2, -0.15) is 0 Å². The van der Waals surface area contributed by atoms with E-state index in [-0.39, 0.29) is 17.6 Å². The molecule has 0 aliphatic carbocycles. The first-order chi connectivity index (χ1) is 15.0. The molecule has 2 aromatic carbocycles. The van der Waals surface area contributed by atoms with Crippen LogP contribution in [0.3, 0.4) is 0 Å². The van der Waals surface area contributed by atoms with Crippen LogP contribution in [-0.2, 0) is 4.79 Å². The van der Waals surface area contributed by atoms with E-state index in [4.69, 9.17) is 16.3 Å². The normalized spacial score (nSPS) is 15.2. The molecule has 164 valence electrons. The van der Waals surface area contributed by atoms with Gasteiger partial charge >= 0.3 is 0 Å². The van der Waals surface area contributed by atoms with Crippen molar-refractivity contribution in [1.82, 2.24) is 10.2 Å². The van der Waals surface area contributed by atoms with Crippen molar-refractivity contribution >= 4 is 45.3 Å². The maximum absolute atomic E-state index is 12.6. The number of amides is 1. The van der Waals surface area contributed by atoms with Gasteiger partial charge in [0.2, 0.25) is 5.91 Å². The van der Waals surface area contributed by atoms with Gasteiger partial charge in [-0.3, -0.25) is 9.59 Å². The Balaban J connectivity index is 1.40. The number of methoxy groups -OCH3 is 1. The third kappa shape index (κ3) is 6.92. The van der Waals surface area contributed by atoms with Crippen LogP contribution >= 0.6 is 27.5 Å². The maximum atomic E-state index is 12.6. The van der Waals surface area contributed by atoms with Gasteiger partial charge in [0.25, 0.3) is 0 Å². The van der Waals surface area contributed by atoms with Gasteiger partial charge in [0.15, 0.2) is 5.78 Å². The molecule has 0 unspecified atom stereocenters. The second-order valence-corrected chi connectivity index (χ2v) is 8.85. The Morgan fingerprint density at radius 2 is 1.90 bits per heavy atom. The van der Waals surface area contributed by atoms with Crippen LogP contribution in [0.2, 0.25) is 5.02 Å². The van der Waals surface area contributed by atoms with E-state index in [1.807, 2.05) is 18.2 Å². The highest BCUT2D eigenvalue weighted by Crippen LogP contribution is 2.24. The average molecular weight is 506 g/mol. The maximum Gasteiger partial charge on any atom is 0.244 e. The van der Waals surface area contributed by atoms with Gasteiger partial charge < -0.3 is 15.0 Å². The summed E-state index contributed by atoms with van der Waals surface area (Å²) in [6, 6.07) is 12.7. The quantitative estimate of drug-likeness (QED) is 0.412. The molecule has 31 heavy (non-hydrogen) atoms. The van der Waals surface area contributed by atoms with E-state index < -0.39 is 0 Å².